The Bertz CT molecular complexity index is 558. The van der Waals surface area contributed by atoms with E-state index in [4.69, 9.17) is 0 Å². The molecule has 0 aromatic rings. The van der Waals surface area contributed by atoms with Crippen LogP contribution in [0.15, 0.2) is 12.2 Å². The number of quaternary nitrogens is 1. The highest BCUT2D eigenvalue weighted by atomic mass is 19.4. The van der Waals surface area contributed by atoms with E-state index in [0.717, 1.165) is 14.1 Å². The number of ether oxygens (including phenoxy) is 2. The van der Waals surface area contributed by atoms with Gasteiger partial charge in [0.1, 0.15) is 13.2 Å². The predicted octanol–water partition coefficient (Wildman–Crippen LogP) is 2.56. The molecule has 0 aromatic heterocycles. The van der Waals surface area contributed by atoms with Crippen molar-refractivity contribution in [3.05, 3.63) is 12.2 Å². The molecule has 0 heterocycles. The van der Waals surface area contributed by atoms with Crippen molar-refractivity contribution in [3.63, 3.8) is 0 Å². The van der Waals surface area contributed by atoms with Gasteiger partial charge in [0.05, 0.1) is 21.2 Å². The van der Waals surface area contributed by atoms with Crippen molar-refractivity contribution in [2.24, 2.45) is 0 Å². The normalized spacial score (nSPS) is 14.6. The minimum absolute atomic E-state index is 0.0474. The zero-order valence-electron chi connectivity index (χ0n) is 14.4. The van der Waals surface area contributed by atoms with Gasteiger partial charge in [-0.2, -0.15) is 30.7 Å². The molecule has 0 bridgehead atoms. The lowest BCUT2D eigenvalue weighted by Crippen LogP contribution is -2.70. The summed E-state index contributed by atoms with van der Waals surface area (Å²) in [5.74, 6) is -15.2. The van der Waals surface area contributed by atoms with Gasteiger partial charge in [-0.1, -0.05) is 6.58 Å². The monoisotopic (exact) mass is 398 g/mol. The van der Waals surface area contributed by atoms with Gasteiger partial charge >= 0.3 is 30.0 Å². The molecule has 0 saturated carbocycles. The van der Waals surface area contributed by atoms with Crippen molar-refractivity contribution in [1.29, 1.82) is 0 Å². The first-order valence-electron chi connectivity index (χ1n) is 6.99. The Labute approximate surface area is 144 Å². The lowest BCUT2D eigenvalue weighted by atomic mass is 9.99. The van der Waals surface area contributed by atoms with E-state index in [0.29, 0.717) is 7.11 Å². The van der Waals surface area contributed by atoms with Gasteiger partial charge in [-0.25, -0.2) is 9.59 Å². The third kappa shape index (κ3) is 4.86. The minimum atomic E-state index is -6.60. The van der Waals surface area contributed by atoms with Crippen LogP contribution in [0.25, 0.3) is 0 Å². The number of likely N-dealkylation sites (N-methyl/N-ethyl adjacent to an activating group) is 1. The summed E-state index contributed by atoms with van der Waals surface area (Å²) in [4.78, 5) is 22.9. The number of hydrogen-bond acceptors (Lipinski definition) is 4. The Morgan fingerprint density at radius 3 is 1.88 bits per heavy atom. The number of carbonyl (C=O) groups is 2. The topological polar surface area (TPSA) is 52.6 Å². The van der Waals surface area contributed by atoms with Crippen molar-refractivity contribution in [2.45, 2.75) is 31.0 Å². The Morgan fingerprint density at radius 1 is 1.08 bits per heavy atom. The Kier molecular flexibility index (Phi) is 7.25. The number of carbonyl (C=O) groups excluding carboxylic acids is 2. The zero-order valence-corrected chi connectivity index (χ0v) is 14.4. The number of alkyl halides is 7. The molecule has 26 heavy (non-hydrogen) atoms. The van der Waals surface area contributed by atoms with E-state index in [2.05, 4.69) is 16.1 Å². The fourth-order valence-corrected chi connectivity index (χ4v) is 1.97. The molecule has 0 aliphatic heterocycles. The van der Waals surface area contributed by atoms with Crippen LogP contribution < -0.4 is 0 Å². The van der Waals surface area contributed by atoms with Gasteiger partial charge in [0.15, 0.2) is 0 Å². The van der Waals surface area contributed by atoms with Gasteiger partial charge in [-0.05, 0) is 6.92 Å². The second kappa shape index (κ2) is 7.80. The summed E-state index contributed by atoms with van der Waals surface area (Å²) in [5, 5.41) is 0. The lowest BCUT2D eigenvalue weighted by molar-refractivity contribution is -0.917. The maximum atomic E-state index is 14.1. The van der Waals surface area contributed by atoms with Gasteiger partial charge in [0.25, 0.3) is 6.04 Å². The van der Waals surface area contributed by atoms with Crippen molar-refractivity contribution < 1.29 is 54.3 Å². The number of hydrogen-bond donors (Lipinski definition) is 0. The first-order chi connectivity index (χ1) is 11.4. The molecule has 5 nitrogen and oxygen atoms in total. The molecule has 1 unspecified atom stereocenters. The van der Waals surface area contributed by atoms with Crippen molar-refractivity contribution >= 4 is 11.9 Å². The highest BCUT2D eigenvalue weighted by Gasteiger charge is 2.80. The minimum Gasteiger partial charge on any atom is -0.464 e. The largest absolute Gasteiger partial charge is 0.464 e. The van der Waals surface area contributed by atoms with Gasteiger partial charge in [-0.15, -0.1) is 0 Å². The fourth-order valence-electron chi connectivity index (χ4n) is 1.97. The molecular formula is C14H19F7NO4+. The molecule has 0 fully saturated rings. The summed E-state index contributed by atoms with van der Waals surface area (Å²) >= 11 is 0. The fraction of sp³-hybridized carbons (Fsp3) is 0.714. The number of rotatable bonds is 8. The van der Waals surface area contributed by atoms with Crippen LogP contribution in [0.4, 0.5) is 30.7 Å². The highest BCUT2D eigenvalue weighted by molar-refractivity contribution is 5.86. The second-order valence-corrected chi connectivity index (χ2v) is 6.04. The summed E-state index contributed by atoms with van der Waals surface area (Å²) in [6.07, 6.45) is -6.60. The molecule has 0 aromatic carbocycles. The SMILES string of the molecule is C=C(C)C(=O)OCC[N+](C)(C)C(C(=O)OC)C(F)(F)C(F)(F)C(F)(F)F. The number of esters is 2. The van der Waals surface area contributed by atoms with E-state index < -0.39 is 53.6 Å². The zero-order chi connectivity index (χ0) is 21.1. The summed E-state index contributed by atoms with van der Waals surface area (Å²) < 4.78 is 99.4. The van der Waals surface area contributed by atoms with Gasteiger partial charge in [0.2, 0.25) is 0 Å². The van der Waals surface area contributed by atoms with Gasteiger partial charge in [0, 0.05) is 5.57 Å². The Morgan fingerprint density at radius 2 is 1.54 bits per heavy atom. The second-order valence-electron chi connectivity index (χ2n) is 6.04. The lowest BCUT2D eigenvalue weighted by Gasteiger charge is -2.41. The highest BCUT2D eigenvalue weighted by Crippen LogP contribution is 2.49. The third-order valence-corrected chi connectivity index (χ3v) is 3.49. The molecule has 0 aliphatic rings. The van der Waals surface area contributed by atoms with E-state index in [9.17, 15) is 40.3 Å². The van der Waals surface area contributed by atoms with Crippen molar-refractivity contribution in [1.82, 2.24) is 0 Å². The Balaban J connectivity index is 5.77. The maximum Gasteiger partial charge on any atom is 0.460 e. The van der Waals surface area contributed by atoms with Crippen LogP contribution in [-0.4, -0.2) is 74.8 Å². The van der Waals surface area contributed by atoms with E-state index in [1.54, 1.807) is 0 Å². The van der Waals surface area contributed by atoms with E-state index in [1.165, 1.54) is 6.92 Å². The molecule has 0 spiro atoms. The predicted molar refractivity (Wildman–Crippen MR) is 74.5 cm³/mol. The molecule has 0 rings (SSSR count). The van der Waals surface area contributed by atoms with Crippen LogP contribution in [0.3, 0.4) is 0 Å². The average molecular weight is 398 g/mol. The molecule has 0 N–H and O–H groups in total. The molecule has 12 heteroatoms. The standard InChI is InChI=1S/C14H19F7NO4/c1-8(2)10(23)26-7-6-22(3,4)9(11(24)25-5)12(15,16)13(17,18)14(19,20)21/h9H,1,6-7H2,2-5H3/q+1. The van der Waals surface area contributed by atoms with Crippen molar-refractivity contribution in [2.75, 3.05) is 34.4 Å². The average Bonchev–Trinajstić information content (AvgIpc) is 2.44. The van der Waals surface area contributed by atoms with Crippen LogP contribution in [-0.2, 0) is 19.1 Å². The molecular weight excluding hydrogens is 379 g/mol. The van der Waals surface area contributed by atoms with Gasteiger partial charge < -0.3 is 14.0 Å². The summed E-state index contributed by atoms with van der Waals surface area (Å²) in [7, 11) is 2.17. The third-order valence-electron chi connectivity index (χ3n) is 3.49. The molecule has 1 atom stereocenters. The van der Waals surface area contributed by atoms with Crippen molar-refractivity contribution in [3.8, 4) is 0 Å². The van der Waals surface area contributed by atoms with Crippen LogP contribution in [0.2, 0.25) is 0 Å². The number of methoxy groups -OCH3 is 1. The molecule has 0 amide bonds. The van der Waals surface area contributed by atoms with Crippen LogP contribution in [0.1, 0.15) is 6.92 Å². The van der Waals surface area contributed by atoms with Gasteiger partial charge in [-0.3, -0.25) is 0 Å². The van der Waals surface area contributed by atoms with E-state index >= 15 is 0 Å². The molecule has 0 saturated heterocycles. The Hall–Kier alpha value is -1.85. The summed E-state index contributed by atoms with van der Waals surface area (Å²) in [5.41, 5.74) is -0.0474. The van der Waals surface area contributed by atoms with E-state index in [-0.39, 0.29) is 5.57 Å². The first kappa shape index (κ1) is 24.1. The smallest absolute Gasteiger partial charge is 0.460 e. The summed E-state index contributed by atoms with van der Waals surface area (Å²) in [6, 6.07) is -3.22. The quantitative estimate of drug-likeness (QED) is 0.273. The molecule has 0 aliphatic carbocycles. The maximum absolute atomic E-state index is 14.1. The van der Waals surface area contributed by atoms with Crippen LogP contribution >= 0.6 is 0 Å². The van der Waals surface area contributed by atoms with Crippen LogP contribution in [0.5, 0.6) is 0 Å². The summed E-state index contributed by atoms with van der Waals surface area (Å²) in [6.45, 7) is 3.21. The first-order valence-corrected chi connectivity index (χ1v) is 6.99. The van der Waals surface area contributed by atoms with E-state index in [1.807, 2.05) is 0 Å². The van der Waals surface area contributed by atoms with Crippen LogP contribution in [0, 0.1) is 0 Å². The molecule has 152 valence electrons. The molecule has 0 radical (unpaired) electrons. The number of nitrogens with zero attached hydrogens (tertiary/aromatic N) is 1. The number of halogens is 7.